The average molecular weight is 682 g/mol. The average Bonchev–Trinajstić information content (AvgIpc) is 2.98. The van der Waals surface area contributed by atoms with Crippen molar-refractivity contribution in [1.82, 2.24) is 21.3 Å². The van der Waals surface area contributed by atoms with Crippen LogP contribution < -0.4 is 38.5 Å². The van der Waals surface area contributed by atoms with E-state index in [0.717, 1.165) is 16.9 Å². The van der Waals surface area contributed by atoms with Crippen molar-refractivity contribution in [1.29, 1.82) is 0 Å². The molecule has 0 spiro atoms. The molecule has 0 aromatic heterocycles. The van der Waals surface area contributed by atoms with Crippen LogP contribution in [0.15, 0.2) is 29.3 Å². The molecule has 1 aromatic carbocycles. The Morgan fingerprint density at radius 1 is 1.07 bits per heavy atom. The van der Waals surface area contributed by atoms with Gasteiger partial charge in [0.1, 0.15) is 29.6 Å². The predicted molar refractivity (Wildman–Crippen MR) is 183 cm³/mol. The highest BCUT2D eigenvalue weighted by Gasteiger charge is 2.30. The van der Waals surface area contributed by atoms with Crippen molar-refractivity contribution in [3.05, 3.63) is 35.4 Å². The molecule has 0 aliphatic carbocycles. The van der Waals surface area contributed by atoms with Crippen LogP contribution in [0.2, 0.25) is 0 Å². The Balaban J connectivity index is 2.30. The van der Waals surface area contributed by atoms with Crippen LogP contribution >= 0.6 is 11.8 Å². The summed E-state index contributed by atoms with van der Waals surface area (Å²) in [7, 11) is -0.0770. The van der Waals surface area contributed by atoms with E-state index in [1.807, 2.05) is 32.0 Å². The van der Waals surface area contributed by atoms with Crippen molar-refractivity contribution in [2.45, 2.75) is 75.2 Å². The molecule has 4 amide bonds. The normalized spacial score (nSPS) is 24.6. The van der Waals surface area contributed by atoms with Gasteiger partial charge in [0.2, 0.25) is 23.6 Å². The van der Waals surface area contributed by atoms with Gasteiger partial charge in [0.25, 0.3) is 0 Å². The summed E-state index contributed by atoms with van der Waals surface area (Å²) in [6, 6.07) is 4.01. The molecule has 46 heavy (non-hydrogen) atoms. The fourth-order valence-electron chi connectivity index (χ4n) is 4.66. The monoisotopic (exact) mass is 681 g/mol. The molecule has 2 rings (SSSR count). The van der Waals surface area contributed by atoms with E-state index >= 15 is 0 Å². The summed E-state index contributed by atoms with van der Waals surface area (Å²) in [4.78, 5) is 68.1. The number of hydrogen-bond donors (Lipinski definition) is 8. The topological polar surface area (TPSA) is 244 Å². The maximum Gasteiger partial charge on any atom is 0.327 e. The highest BCUT2D eigenvalue weighted by molar-refractivity contribution is 7.98. The Morgan fingerprint density at radius 2 is 1.76 bits per heavy atom. The summed E-state index contributed by atoms with van der Waals surface area (Å²) in [6.45, 7) is 3.50. The van der Waals surface area contributed by atoms with Gasteiger partial charge in [0.05, 0.1) is 18.8 Å². The number of aliphatic imine (C=N–C) groups is 1. The van der Waals surface area contributed by atoms with Gasteiger partial charge in [-0.1, -0.05) is 38.1 Å². The van der Waals surface area contributed by atoms with E-state index in [0.29, 0.717) is 30.8 Å². The van der Waals surface area contributed by atoms with Crippen LogP contribution in [0.25, 0.3) is 0 Å². The van der Waals surface area contributed by atoms with E-state index in [4.69, 9.17) is 17.2 Å². The molecular formula is C30H49N8O6S2+. The van der Waals surface area contributed by atoms with Gasteiger partial charge in [-0.2, -0.15) is 11.8 Å². The maximum atomic E-state index is 13.4. The van der Waals surface area contributed by atoms with Crippen LogP contribution in [0.3, 0.4) is 0 Å². The quantitative estimate of drug-likeness (QED) is 0.0767. The zero-order valence-corrected chi connectivity index (χ0v) is 28.4. The van der Waals surface area contributed by atoms with Crippen LogP contribution in [0.4, 0.5) is 0 Å². The second kappa shape index (κ2) is 19.9. The van der Waals surface area contributed by atoms with Crippen LogP contribution in [-0.4, -0.2) is 95.7 Å². The summed E-state index contributed by atoms with van der Waals surface area (Å²) in [6.07, 6.45) is 3.31. The van der Waals surface area contributed by atoms with Gasteiger partial charge in [-0.05, 0) is 41.6 Å². The summed E-state index contributed by atoms with van der Waals surface area (Å²) < 4.78 is 0. The van der Waals surface area contributed by atoms with Crippen molar-refractivity contribution in [3.63, 3.8) is 0 Å². The van der Waals surface area contributed by atoms with Gasteiger partial charge in [0.15, 0.2) is 5.96 Å². The fraction of sp³-hybridized carbons (Fsp3) is 0.600. The minimum Gasteiger partial charge on any atom is -0.480 e. The van der Waals surface area contributed by atoms with E-state index in [1.165, 1.54) is 11.8 Å². The molecule has 16 heteroatoms. The second-order valence-electron chi connectivity index (χ2n) is 11.7. The van der Waals surface area contributed by atoms with Crippen molar-refractivity contribution in [2.24, 2.45) is 28.1 Å². The molecule has 2 bridgehead atoms. The molecule has 1 aromatic rings. The van der Waals surface area contributed by atoms with Gasteiger partial charge >= 0.3 is 5.97 Å². The summed E-state index contributed by atoms with van der Waals surface area (Å²) in [5.74, 6) is -1.47. The van der Waals surface area contributed by atoms with Crippen molar-refractivity contribution < 1.29 is 29.1 Å². The van der Waals surface area contributed by atoms with Gasteiger partial charge in [0, 0.05) is 30.0 Å². The lowest BCUT2D eigenvalue weighted by molar-refractivity contribution is -0.141. The Hall–Kier alpha value is -3.50. The summed E-state index contributed by atoms with van der Waals surface area (Å²) >= 11 is 1.37. The van der Waals surface area contributed by atoms with E-state index in [1.54, 1.807) is 0 Å². The first-order valence-corrected chi connectivity index (χ1v) is 18.3. The number of nitrogens with one attached hydrogen (secondary N) is 4. The Kier molecular flexibility index (Phi) is 16.7. The molecule has 5 atom stereocenters. The van der Waals surface area contributed by atoms with Crippen LogP contribution in [0.1, 0.15) is 50.7 Å². The van der Waals surface area contributed by atoms with E-state index < -0.39 is 60.3 Å². The van der Waals surface area contributed by atoms with Gasteiger partial charge in [-0.25, -0.2) is 4.79 Å². The Labute approximate surface area is 277 Å². The van der Waals surface area contributed by atoms with Crippen LogP contribution in [0, 0.1) is 5.92 Å². The first-order valence-electron chi connectivity index (χ1n) is 15.2. The number of benzene rings is 1. The van der Waals surface area contributed by atoms with Crippen molar-refractivity contribution in [3.8, 4) is 0 Å². The van der Waals surface area contributed by atoms with Crippen LogP contribution in [-0.2, 0) is 46.4 Å². The molecule has 11 N–H and O–H groups in total. The lowest BCUT2D eigenvalue weighted by Gasteiger charge is -2.25. The number of carbonyl (C=O) groups excluding carboxylic acids is 4. The molecule has 256 valence electrons. The third kappa shape index (κ3) is 14.7. The van der Waals surface area contributed by atoms with Gasteiger partial charge in [-0.15, -0.1) is 0 Å². The largest absolute Gasteiger partial charge is 0.480 e. The van der Waals surface area contributed by atoms with Gasteiger partial charge < -0.3 is 43.6 Å². The highest BCUT2D eigenvalue weighted by Crippen LogP contribution is 2.17. The van der Waals surface area contributed by atoms with Crippen molar-refractivity contribution >= 4 is 58.2 Å². The minimum absolute atomic E-state index is 0.0327. The summed E-state index contributed by atoms with van der Waals surface area (Å²) in [5.41, 5.74) is 19.2. The SMILES string of the molecule is CC(C)C[C@@H]1NC(=O)[C@@H](N)CC[S+](C)Cc2cccc(c2)CSC[C@@H](C(=O)O)NC(=O)CNC(=O)[C@H](CCCN=C(N)N)NC1=O. The predicted octanol–water partition coefficient (Wildman–Crippen LogP) is -0.846. The Bertz CT molecular complexity index is 1230. The number of fused-ring (bicyclic) bond motifs is 2. The number of nitrogens with zero attached hydrogens (tertiary/aromatic N) is 1. The molecule has 0 radical (unpaired) electrons. The molecule has 1 aliphatic heterocycles. The lowest BCUT2D eigenvalue weighted by atomic mass is 10.0. The summed E-state index contributed by atoms with van der Waals surface area (Å²) in [5, 5.41) is 20.1. The highest BCUT2D eigenvalue weighted by atomic mass is 32.2. The lowest BCUT2D eigenvalue weighted by Crippen LogP contribution is -2.56. The molecule has 1 heterocycles. The number of guanidine groups is 1. The molecule has 1 unspecified atom stereocenters. The molecule has 0 saturated carbocycles. The van der Waals surface area contributed by atoms with Crippen molar-refractivity contribution in [2.75, 3.05) is 30.9 Å². The molecular weight excluding hydrogens is 633 g/mol. The van der Waals surface area contributed by atoms with Crippen LogP contribution in [0.5, 0.6) is 0 Å². The zero-order valence-electron chi connectivity index (χ0n) is 26.8. The molecule has 1 aliphatic rings. The van der Waals surface area contributed by atoms with E-state index in [2.05, 4.69) is 38.6 Å². The number of carbonyl (C=O) groups is 5. The number of hydrogen-bond acceptors (Lipinski definition) is 8. The second-order valence-corrected chi connectivity index (χ2v) is 15.0. The Morgan fingerprint density at radius 3 is 2.43 bits per heavy atom. The number of carboxylic acids is 1. The van der Waals surface area contributed by atoms with E-state index in [9.17, 15) is 29.1 Å². The number of carboxylic acid groups (broad SMARTS) is 1. The standard InChI is InChI=1S/C30H48N8O6S2/c1-18(2)12-23-28(42)37-22(8-5-10-34-30(32)33)27(41)35-14-25(39)36-24(29(43)44)16-45-15-19-6-4-7-20(13-19)17-46(3)11-9-21(31)26(40)38-23/h4,6-7,13,18,21-24H,5,8-12,14-17,31H2,1-3H3,(H8-,32,33,34,35,36,37,38,39,40,41,42,43,44)/p+1/t21-,22-,23-,24-,46?/m0/s1. The number of rotatable bonds is 7. The molecule has 0 saturated heterocycles. The number of aliphatic carboxylic acids is 1. The first-order chi connectivity index (χ1) is 21.7. The minimum atomic E-state index is -1.19. The smallest absolute Gasteiger partial charge is 0.327 e. The van der Waals surface area contributed by atoms with Gasteiger partial charge in [-0.3, -0.25) is 24.2 Å². The maximum absolute atomic E-state index is 13.4. The first kappa shape index (κ1) is 38.7. The van der Waals surface area contributed by atoms with E-state index in [-0.39, 0.29) is 41.5 Å². The number of nitrogens with two attached hydrogens (primary N) is 3. The third-order valence-electron chi connectivity index (χ3n) is 7.05. The number of thioether (sulfide) groups is 1. The third-order valence-corrected chi connectivity index (χ3v) is 9.91. The fourth-order valence-corrected chi connectivity index (χ4v) is 7.20. The molecule has 14 nitrogen and oxygen atoms in total. The zero-order chi connectivity index (χ0) is 34.2. The molecule has 0 fully saturated rings. The number of amides is 4.